The van der Waals surface area contributed by atoms with Crippen molar-refractivity contribution in [3.63, 3.8) is 0 Å². The first-order chi connectivity index (χ1) is 13.0. The smallest absolute Gasteiger partial charge is 0.193 e. The van der Waals surface area contributed by atoms with Crippen LogP contribution >= 0.6 is 0 Å². The fourth-order valence-electron chi connectivity index (χ4n) is 3.49. The van der Waals surface area contributed by atoms with E-state index in [1.807, 2.05) is 24.3 Å². The minimum absolute atomic E-state index is 0.0636. The molecule has 0 fully saturated rings. The third-order valence-electron chi connectivity index (χ3n) is 5.20. The van der Waals surface area contributed by atoms with Crippen LogP contribution in [-0.4, -0.2) is 36.6 Å². The summed E-state index contributed by atoms with van der Waals surface area (Å²) in [6.07, 6.45) is 1.08. The molecule has 5 nitrogen and oxygen atoms in total. The number of guanidine groups is 1. The maximum atomic E-state index is 6.16. The number of para-hydroxylation sites is 1. The van der Waals surface area contributed by atoms with E-state index < -0.39 is 0 Å². The summed E-state index contributed by atoms with van der Waals surface area (Å²) < 4.78 is 5.25. The van der Waals surface area contributed by atoms with E-state index in [9.17, 15) is 0 Å². The first kappa shape index (κ1) is 19.4. The van der Waals surface area contributed by atoms with Gasteiger partial charge < -0.3 is 15.8 Å². The van der Waals surface area contributed by atoms with Gasteiger partial charge in [-0.1, -0.05) is 42.5 Å². The van der Waals surface area contributed by atoms with Crippen LogP contribution < -0.4 is 11.1 Å². The summed E-state index contributed by atoms with van der Waals surface area (Å²) in [6, 6.07) is 16.7. The molecule has 0 saturated heterocycles. The molecule has 0 aromatic heterocycles. The highest BCUT2D eigenvalue weighted by Crippen LogP contribution is 2.25. The van der Waals surface area contributed by atoms with Crippen molar-refractivity contribution in [3.8, 4) is 0 Å². The maximum absolute atomic E-state index is 6.16. The molecular formula is C22H30N4O. The lowest BCUT2D eigenvalue weighted by Gasteiger charge is -2.40. The number of ether oxygens (including phenoxy) is 1. The largest absolute Gasteiger partial charge is 0.380 e. The molecule has 0 amide bonds. The first-order valence-corrected chi connectivity index (χ1v) is 9.45. The lowest BCUT2D eigenvalue weighted by Crippen LogP contribution is -2.49. The SMILES string of the molecule is COCc1ccccc1NC(N)=NCC(C)(C)N1CCc2ccccc2C1. The van der Waals surface area contributed by atoms with Crippen LogP contribution in [0.2, 0.25) is 0 Å². The summed E-state index contributed by atoms with van der Waals surface area (Å²) in [5, 5.41) is 3.22. The number of fused-ring (bicyclic) bond motifs is 1. The van der Waals surface area contributed by atoms with Crippen molar-refractivity contribution in [3.05, 3.63) is 65.2 Å². The number of hydrogen-bond donors (Lipinski definition) is 2. The predicted octanol–water partition coefficient (Wildman–Crippen LogP) is 3.40. The van der Waals surface area contributed by atoms with Gasteiger partial charge in [0.15, 0.2) is 5.96 Å². The number of methoxy groups -OCH3 is 1. The zero-order chi connectivity index (χ0) is 19.3. The Balaban J connectivity index is 1.64. The summed E-state index contributed by atoms with van der Waals surface area (Å²) in [5.74, 6) is 0.434. The Bertz CT molecular complexity index is 800. The molecule has 1 aliphatic rings. The number of anilines is 1. The number of aliphatic imine (C=N–C) groups is 1. The van der Waals surface area contributed by atoms with Crippen LogP contribution in [0.1, 0.15) is 30.5 Å². The highest BCUT2D eigenvalue weighted by atomic mass is 16.5. The molecule has 3 N–H and O–H groups in total. The topological polar surface area (TPSA) is 62.9 Å². The lowest BCUT2D eigenvalue weighted by molar-refractivity contribution is 0.112. The van der Waals surface area contributed by atoms with E-state index in [4.69, 9.17) is 10.5 Å². The number of nitrogens with zero attached hydrogens (tertiary/aromatic N) is 2. The molecule has 2 aromatic carbocycles. The van der Waals surface area contributed by atoms with Gasteiger partial charge in [-0.2, -0.15) is 0 Å². The standard InChI is InChI=1S/C22H30N4O/c1-22(2,26-13-12-17-8-4-5-9-18(17)14-26)16-24-21(23)25-20-11-7-6-10-19(20)15-27-3/h4-11H,12-16H2,1-3H3,(H3,23,24,25). The molecule has 0 bridgehead atoms. The maximum Gasteiger partial charge on any atom is 0.193 e. The second-order valence-electron chi connectivity index (χ2n) is 7.67. The van der Waals surface area contributed by atoms with Crippen molar-refractivity contribution in [1.29, 1.82) is 0 Å². The summed E-state index contributed by atoms with van der Waals surface area (Å²) in [5.41, 5.74) is 11.0. The fraction of sp³-hybridized carbons (Fsp3) is 0.409. The van der Waals surface area contributed by atoms with Crippen molar-refractivity contribution in [1.82, 2.24) is 4.90 Å². The average Bonchev–Trinajstić information content (AvgIpc) is 2.68. The van der Waals surface area contributed by atoms with E-state index in [0.717, 1.165) is 30.8 Å². The Morgan fingerprint density at radius 2 is 1.85 bits per heavy atom. The third-order valence-corrected chi connectivity index (χ3v) is 5.20. The van der Waals surface area contributed by atoms with Gasteiger partial charge in [0.1, 0.15) is 0 Å². The molecule has 27 heavy (non-hydrogen) atoms. The lowest BCUT2D eigenvalue weighted by atomic mass is 9.94. The molecule has 1 aliphatic heterocycles. The molecular weight excluding hydrogens is 336 g/mol. The van der Waals surface area contributed by atoms with Crippen molar-refractivity contribution in [2.45, 2.75) is 39.0 Å². The minimum atomic E-state index is -0.0636. The number of nitrogens with two attached hydrogens (primary N) is 1. The second-order valence-corrected chi connectivity index (χ2v) is 7.67. The van der Waals surface area contributed by atoms with Gasteiger partial charge in [-0.15, -0.1) is 0 Å². The number of rotatable bonds is 6. The normalized spacial score (nSPS) is 15.4. The highest BCUT2D eigenvalue weighted by Gasteiger charge is 2.29. The third kappa shape index (κ3) is 4.87. The zero-order valence-electron chi connectivity index (χ0n) is 16.5. The van der Waals surface area contributed by atoms with Crippen LogP contribution in [0, 0.1) is 0 Å². The van der Waals surface area contributed by atoms with Gasteiger partial charge in [0.25, 0.3) is 0 Å². The van der Waals surface area contributed by atoms with Gasteiger partial charge in [-0.3, -0.25) is 9.89 Å². The molecule has 0 radical (unpaired) electrons. The molecule has 0 atom stereocenters. The molecule has 0 saturated carbocycles. The van der Waals surface area contributed by atoms with Gasteiger partial charge >= 0.3 is 0 Å². The Hall–Kier alpha value is -2.37. The van der Waals surface area contributed by atoms with E-state index in [1.54, 1.807) is 7.11 Å². The van der Waals surface area contributed by atoms with E-state index in [1.165, 1.54) is 11.1 Å². The van der Waals surface area contributed by atoms with Crippen molar-refractivity contribution in [2.24, 2.45) is 10.7 Å². The monoisotopic (exact) mass is 366 g/mol. The van der Waals surface area contributed by atoms with Gasteiger partial charge in [-0.05, 0) is 37.5 Å². The summed E-state index contributed by atoms with van der Waals surface area (Å²) >= 11 is 0. The van der Waals surface area contributed by atoms with Crippen molar-refractivity contribution in [2.75, 3.05) is 25.5 Å². The molecule has 1 heterocycles. The minimum Gasteiger partial charge on any atom is -0.380 e. The van der Waals surface area contributed by atoms with Crippen molar-refractivity contribution >= 4 is 11.6 Å². The molecule has 5 heteroatoms. The Labute approximate surface area is 162 Å². The van der Waals surface area contributed by atoms with Crippen LogP contribution in [0.3, 0.4) is 0 Å². The van der Waals surface area contributed by atoms with E-state index in [2.05, 4.69) is 53.3 Å². The van der Waals surface area contributed by atoms with E-state index in [-0.39, 0.29) is 5.54 Å². The Morgan fingerprint density at radius 3 is 2.63 bits per heavy atom. The van der Waals surface area contributed by atoms with Gasteiger partial charge in [0, 0.05) is 37.0 Å². The van der Waals surface area contributed by atoms with Gasteiger partial charge in [-0.25, -0.2) is 0 Å². The number of nitrogens with one attached hydrogen (secondary N) is 1. The van der Waals surface area contributed by atoms with E-state index >= 15 is 0 Å². The first-order valence-electron chi connectivity index (χ1n) is 9.45. The zero-order valence-corrected chi connectivity index (χ0v) is 16.5. The second kappa shape index (κ2) is 8.55. The molecule has 3 rings (SSSR count). The van der Waals surface area contributed by atoms with Crippen molar-refractivity contribution < 1.29 is 4.74 Å². The average molecular weight is 367 g/mol. The molecule has 144 valence electrons. The highest BCUT2D eigenvalue weighted by molar-refractivity contribution is 5.93. The molecule has 0 unspecified atom stereocenters. The Kier molecular flexibility index (Phi) is 6.14. The molecule has 0 spiro atoms. The molecule has 2 aromatic rings. The number of hydrogen-bond acceptors (Lipinski definition) is 3. The van der Waals surface area contributed by atoms with Crippen LogP contribution in [-0.2, 0) is 24.3 Å². The van der Waals surface area contributed by atoms with Gasteiger partial charge in [0.2, 0.25) is 0 Å². The van der Waals surface area contributed by atoms with Crippen LogP contribution in [0.4, 0.5) is 5.69 Å². The Morgan fingerprint density at radius 1 is 1.15 bits per heavy atom. The quantitative estimate of drug-likeness (QED) is 0.608. The van der Waals surface area contributed by atoms with Crippen LogP contribution in [0.15, 0.2) is 53.5 Å². The molecule has 0 aliphatic carbocycles. The predicted molar refractivity (Wildman–Crippen MR) is 112 cm³/mol. The van der Waals surface area contributed by atoms with Gasteiger partial charge in [0.05, 0.1) is 13.2 Å². The van der Waals surface area contributed by atoms with Crippen LogP contribution in [0.25, 0.3) is 0 Å². The number of benzene rings is 2. The van der Waals surface area contributed by atoms with E-state index in [0.29, 0.717) is 19.1 Å². The summed E-state index contributed by atoms with van der Waals surface area (Å²) in [4.78, 5) is 7.12. The van der Waals surface area contributed by atoms with Crippen LogP contribution in [0.5, 0.6) is 0 Å². The fourth-order valence-corrected chi connectivity index (χ4v) is 3.49. The summed E-state index contributed by atoms with van der Waals surface area (Å²) in [7, 11) is 1.69. The summed E-state index contributed by atoms with van der Waals surface area (Å²) in [6.45, 7) is 7.65.